The number of hydrogen-bond donors (Lipinski definition) is 1. The Morgan fingerprint density at radius 2 is 2.32 bits per heavy atom. The van der Waals surface area contributed by atoms with Crippen molar-refractivity contribution in [2.45, 2.75) is 13.0 Å². The Morgan fingerprint density at radius 1 is 1.47 bits per heavy atom. The maximum Gasteiger partial charge on any atom is 0.203 e. The van der Waals surface area contributed by atoms with Crippen LogP contribution in [-0.4, -0.2) is 56.1 Å². The van der Waals surface area contributed by atoms with Crippen molar-refractivity contribution in [1.29, 1.82) is 0 Å². The van der Waals surface area contributed by atoms with Crippen LogP contribution in [-0.2, 0) is 0 Å². The number of aliphatic hydroxyl groups is 1. The van der Waals surface area contributed by atoms with Gasteiger partial charge in [-0.25, -0.2) is 0 Å². The van der Waals surface area contributed by atoms with Crippen LogP contribution >= 0.6 is 0 Å². The highest BCUT2D eigenvalue weighted by molar-refractivity contribution is 5.51. The molecule has 1 aromatic carbocycles. The molecule has 1 atom stereocenters. The molecule has 5 heteroatoms. The van der Waals surface area contributed by atoms with E-state index in [0.717, 1.165) is 18.8 Å². The van der Waals surface area contributed by atoms with E-state index in [0.29, 0.717) is 24.7 Å². The molecule has 1 aliphatic heterocycles. The average molecular weight is 267 g/mol. The Kier molecular flexibility index (Phi) is 4.87. The van der Waals surface area contributed by atoms with Crippen molar-refractivity contribution in [3.05, 3.63) is 18.2 Å². The van der Waals surface area contributed by atoms with Gasteiger partial charge in [0, 0.05) is 13.1 Å². The number of ether oxygens (including phenoxy) is 3. The summed E-state index contributed by atoms with van der Waals surface area (Å²) >= 11 is 0. The summed E-state index contributed by atoms with van der Waals surface area (Å²) in [7, 11) is 1.62. The molecule has 0 saturated carbocycles. The lowest BCUT2D eigenvalue weighted by Gasteiger charge is -2.31. The summed E-state index contributed by atoms with van der Waals surface area (Å²) in [6.45, 7) is 5.00. The Morgan fingerprint density at radius 3 is 3.00 bits per heavy atom. The molecule has 0 saturated heterocycles. The van der Waals surface area contributed by atoms with E-state index in [1.165, 1.54) is 0 Å². The second-order valence-electron chi connectivity index (χ2n) is 4.46. The maximum absolute atomic E-state index is 8.99. The van der Waals surface area contributed by atoms with Crippen molar-refractivity contribution in [1.82, 2.24) is 4.90 Å². The van der Waals surface area contributed by atoms with Crippen molar-refractivity contribution in [2.75, 3.05) is 40.0 Å². The number of aliphatic hydroxyl groups excluding tert-OH is 1. The molecule has 1 unspecified atom stereocenters. The second kappa shape index (κ2) is 6.63. The van der Waals surface area contributed by atoms with Gasteiger partial charge in [-0.1, -0.05) is 13.0 Å². The van der Waals surface area contributed by atoms with Gasteiger partial charge < -0.3 is 19.3 Å². The molecule has 1 heterocycles. The summed E-state index contributed by atoms with van der Waals surface area (Å²) in [6, 6.07) is 5.62. The van der Waals surface area contributed by atoms with E-state index in [-0.39, 0.29) is 12.7 Å². The number of benzene rings is 1. The maximum atomic E-state index is 8.99. The number of methoxy groups -OCH3 is 1. The average Bonchev–Trinajstić information content (AvgIpc) is 2.45. The fourth-order valence-electron chi connectivity index (χ4n) is 2.18. The Hall–Kier alpha value is -1.46. The highest BCUT2D eigenvalue weighted by Crippen LogP contribution is 2.39. The summed E-state index contributed by atoms with van der Waals surface area (Å²) < 4.78 is 16.9. The lowest BCUT2D eigenvalue weighted by Crippen LogP contribution is -2.42. The lowest BCUT2D eigenvalue weighted by atomic mass is 10.2. The van der Waals surface area contributed by atoms with Gasteiger partial charge in [0.05, 0.1) is 13.7 Å². The fourth-order valence-corrected chi connectivity index (χ4v) is 2.18. The third-order valence-corrected chi connectivity index (χ3v) is 3.20. The minimum Gasteiger partial charge on any atom is -0.493 e. The Labute approximate surface area is 113 Å². The van der Waals surface area contributed by atoms with Crippen LogP contribution in [0.1, 0.15) is 6.92 Å². The predicted molar refractivity (Wildman–Crippen MR) is 72.1 cm³/mol. The van der Waals surface area contributed by atoms with E-state index in [1.54, 1.807) is 7.11 Å². The molecular formula is C14H21NO4. The van der Waals surface area contributed by atoms with E-state index < -0.39 is 0 Å². The highest BCUT2D eigenvalue weighted by Gasteiger charge is 2.25. The molecule has 0 spiro atoms. The molecule has 1 aliphatic rings. The number of rotatable bonds is 6. The Balaban J connectivity index is 2.02. The first-order valence-corrected chi connectivity index (χ1v) is 6.58. The number of para-hydroxylation sites is 1. The SMILES string of the molecule is CCN(CCO)CC1COc2c(OC)cccc2O1. The number of nitrogens with zero attached hydrogens (tertiary/aromatic N) is 1. The van der Waals surface area contributed by atoms with Crippen LogP contribution in [0.5, 0.6) is 17.2 Å². The molecule has 0 bridgehead atoms. The number of hydrogen-bond acceptors (Lipinski definition) is 5. The van der Waals surface area contributed by atoms with E-state index in [1.807, 2.05) is 18.2 Å². The molecule has 0 aliphatic carbocycles. The first kappa shape index (κ1) is 14.0. The lowest BCUT2D eigenvalue weighted by molar-refractivity contribution is 0.0533. The Bertz CT molecular complexity index is 410. The molecule has 106 valence electrons. The summed E-state index contributed by atoms with van der Waals surface area (Å²) in [6.07, 6.45) is -0.0221. The molecule has 1 aromatic rings. The van der Waals surface area contributed by atoms with E-state index in [9.17, 15) is 0 Å². The zero-order chi connectivity index (χ0) is 13.7. The van der Waals surface area contributed by atoms with Gasteiger partial charge in [0.1, 0.15) is 12.7 Å². The van der Waals surface area contributed by atoms with Crippen molar-refractivity contribution in [3.8, 4) is 17.2 Å². The minimum absolute atomic E-state index is 0.0221. The zero-order valence-electron chi connectivity index (χ0n) is 11.5. The van der Waals surface area contributed by atoms with E-state index in [2.05, 4.69) is 11.8 Å². The summed E-state index contributed by atoms with van der Waals surface area (Å²) in [5.74, 6) is 2.08. The molecule has 5 nitrogen and oxygen atoms in total. The molecule has 0 amide bonds. The molecule has 2 rings (SSSR count). The molecule has 0 radical (unpaired) electrons. The van der Waals surface area contributed by atoms with Crippen LogP contribution in [0.3, 0.4) is 0 Å². The smallest absolute Gasteiger partial charge is 0.203 e. The molecule has 1 N–H and O–H groups in total. The molecular weight excluding hydrogens is 246 g/mol. The number of likely N-dealkylation sites (N-methyl/N-ethyl adjacent to an activating group) is 1. The van der Waals surface area contributed by atoms with E-state index >= 15 is 0 Å². The van der Waals surface area contributed by atoms with Crippen molar-refractivity contribution in [2.24, 2.45) is 0 Å². The quantitative estimate of drug-likeness (QED) is 0.838. The van der Waals surface area contributed by atoms with Gasteiger partial charge >= 0.3 is 0 Å². The third-order valence-electron chi connectivity index (χ3n) is 3.20. The first-order valence-electron chi connectivity index (χ1n) is 6.58. The topological polar surface area (TPSA) is 51.2 Å². The zero-order valence-corrected chi connectivity index (χ0v) is 11.5. The monoisotopic (exact) mass is 267 g/mol. The van der Waals surface area contributed by atoms with Gasteiger partial charge in [0.15, 0.2) is 11.5 Å². The van der Waals surface area contributed by atoms with Gasteiger partial charge in [-0.2, -0.15) is 0 Å². The molecule has 0 fully saturated rings. The van der Waals surface area contributed by atoms with Gasteiger partial charge in [-0.15, -0.1) is 0 Å². The summed E-state index contributed by atoms with van der Waals surface area (Å²) in [5.41, 5.74) is 0. The minimum atomic E-state index is -0.0221. The summed E-state index contributed by atoms with van der Waals surface area (Å²) in [5, 5.41) is 8.99. The third kappa shape index (κ3) is 3.30. The second-order valence-corrected chi connectivity index (χ2v) is 4.46. The number of fused-ring (bicyclic) bond motifs is 1. The van der Waals surface area contributed by atoms with Gasteiger partial charge in [-0.05, 0) is 18.7 Å². The van der Waals surface area contributed by atoms with Crippen molar-refractivity contribution in [3.63, 3.8) is 0 Å². The molecule has 19 heavy (non-hydrogen) atoms. The normalized spacial score (nSPS) is 17.6. The van der Waals surface area contributed by atoms with Crippen LogP contribution in [0.4, 0.5) is 0 Å². The standard InChI is InChI=1S/C14H21NO4/c1-3-15(7-8-16)9-11-10-18-14-12(17-2)5-4-6-13(14)19-11/h4-6,11,16H,3,7-10H2,1-2H3. The van der Waals surface area contributed by atoms with Gasteiger partial charge in [-0.3, -0.25) is 4.90 Å². The fraction of sp³-hybridized carbons (Fsp3) is 0.571. The van der Waals surface area contributed by atoms with Crippen LogP contribution in [0, 0.1) is 0 Å². The molecule has 0 aromatic heterocycles. The van der Waals surface area contributed by atoms with Gasteiger partial charge in [0.25, 0.3) is 0 Å². The van der Waals surface area contributed by atoms with Crippen LogP contribution in [0.25, 0.3) is 0 Å². The predicted octanol–water partition coefficient (Wildman–Crippen LogP) is 1.15. The van der Waals surface area contributed by atoms with Gasteiger partial charge in [0.2, 0.25) is 5.75 Å². The van der Waals surface area contributed by atoms with Crippen LogP contribution < -0.4 is 14.2 Å². The largest absolute Gasteiger partial charge is 0.493 e. The van der Waals surface area contributed by atoms with Crippen LogP contribution in [0.15, 0.2) is 18.2 Å². The van der Waals surface area contributed by atoms with Crippen LogP contribution in [0.2, 0.25) is 0 Å². The van der Waals surface area contributed by atoms with Crippen molar-refractivity contribution >= 4 is 0 Å². The highest BCUT2D eigenvalue weighted by atomic mass is 16.6. The van der Waals surface area contributed by atoms with E-state index in [4.69, 9.17) is 19.3 Å². The summed E-state index contributed by atoms with van der Waals surface area (Å²) in [4.78, 5) is 2.14. The first-order chi connectivity index (χ1) is 9.28. The van der Waals surface area contributed by atoms with Crippen molar-refractivity contribution < 1.29 is 19.3 Å².